The average molecular weight is 270 g/mol. The predicted octanol–water partition coefficient (Wildman–Crippen LogP) is 0.745. The van der Waals surface area contributed by atoms with Crippen molar-refractivity contribution in [3.63, 3.8) is 0 Å². The highest BCUT2D eigenvalue weighted by Gasteiger charge is 2.17. The third-order valence-corrected chi connectivity index (χ3v) is 2.79. The number of carbonyl (C=O) groups excluding carboxylic acids is 2. The Morgan fingerprint density at radius 2 is 2.00 bits per heavy atom. The Bertz CT molecular complexity index is 436. The first-order chi connectivity index (χ1) is 8.33. The van der Waals surface area contributed by atoms with Gasteiger partial charge >= 0.3 is 0 Å². The first-order valence-electron chi connectivity index (χ1n) is 5.74. The molecule has 1 heterocycles. The Morgan fingerprint density at radius 3 is 2.56 bits per heavy atom. The third kappa shape index (κ3) is 4.40. The first kappa shape index (κ1) is 14.6. The van der Waals surface area contributed by atoms with Gasteiger partial charge in [0.25, 0.3) is 5.91 Å². The van der Waals surface area contributed by atoms with Crippen molar-refractivity contribution in [2.45, 2.75) is 39.7 Å². The van der Waals surface area contributed by atoms with Gasteiger partial charge in [0.2, 0.25) is 5.91 Å². The van der Waals surface area contributed by atoms with Crippen LogP contribution in [-0.4, -0.2) is 33.5 Å². The summed E-state index contributed by atoms with van der Waals surface area (Å²) >= 11 is 1.04. The number of rotatable bonds is 4. The van der Waals surface area contributed by atoms with Crippen molar-refractivity contribution in [1.29, 1.82) is 0 Å². The molecule has 1 rings (SSSR count). The molecule has 0 unspecified atom stereocenters. The number of aryl methyl sites for hydroxylation is 1. The number of hydrogen-bond acceptors (Lipinski definition) is 5. The van der Waals surface area contributed by atoms with Gasteiger partial charge in [-0.15, -0.1) is 5.10 Å². The molecular weight excluding hydrogens is 252 g/mol. The summed E-state index contributed by atoms with van der Waals surface area (Å²) in [5, 5.41) is 9.18. The molecule has 6 nitrogen and oxygen atoms in total. The zero-order valence-electron chi connectivity index (χ0n) is 11.0. The Hall–Kier alpha value is -1.50. The van der Waals surface area contributed by atoms with Gasteiger partial charge in [-0.2, -0.15) is 0 Å². The summed E-state index contributed by atoms with van der Waals surface area (Å²) in [5.74, 6) is -0.516. The van der Waals surface area contributed by atoms with Crippen LogP contribution in [-0.2, 0) is 11.2 Å². The van der Waals surface area contributed by atoms with E-state index in [0.29, 0.717) is 17.0 Å². The molecule has 100 valence electrons. The molecule has 0 radical (unpaired) electrons. The summed E-state index contributed by atoms with van der Waals surface area (Å²) in [7, 11) is 0. The van der Waals surface area contributed by atoms with Crippen molar-refractivity contribution in [2.24, 2.45) is 0 Å². The largest absolute Gasteiger partial charge is 0.350 e. The van der Waals surface area contributed by atoms with Gasteiger partial charge in [0.1, 0.15) is 4.88 Å². The molecule has 0 saturated carbocycles. The second-order valence-corrected chi connectivity index (χ2v) is 5.64. The topological polar surface area (TPSA) is 84.0 Å². The van der Waals surface area contributed by atoms with Crippen LogP contribution in [0.25, 0.3) is 0 Å². The molecule has 0 saturated heterocycles. The fourth-order valence-electron chi connectivity index (χ4n) is 1.32. The fraction of sp³-hybridized carbons (Fsp3) is 0.636. The van der Waals surface area contributed by atoms with E-state index < -0.39 is 0 Å². The number of nitrogens with one attached hydrogen (secondary N) is 2. The molecule has 0 spiro atoms. The molecule has 0 aromatic carbocycles. The van der Waals surface area contributed by atoms with Gasteiger partial charge in [-0.3, -0.25) is 9.59 Å². The predicted molar refractivity (Wildman–Crippen MR) is 69.5 cm³/mol. The number of hydrogen-bond donors (Lipinski definition) is 2. The third-order valence-electron chi connectivity index (χ3n) is 2.02. The molecule has 0 bridgehead atoms. The van der Waals surface area contributed by atoms with Crippen molar-refractivity contribution < 1.29 is 9.59 Å². The van der Waals surface area contributed by atoms with E-state index in [1.165, 1.54) is 0 Å². The van der Waals surface area contributed by atoms with E-state index in [1.807, 2.05) is 27.7 Å². The summed E-state index contributed by atoms with van der Waals surface area (Å²) < 4.78 is 3.73. The van der Waals surface area contributed by atoms with Crippen LogP contribution in [0.15, 0.2) is 0 Å². The van der Waals surface area contributed by atoms with Crippen molar-refractivity contribution in [2.75, 3.05) is 6.54 Å². The molecule has 0 aliphatic rings. The number of aromatic nitrogens is 2. The van der Waals surface area contributed by atoms with Crippen molar-refractivity contribution in [3.8, 4) is 0 Å². The maximum atomic E-state index is 11.8. The quantitative estimate of drug-likeness (QED) is 0.845. The van der Waals surface area contributed by atoms with Crippen LogP contribution in [0, 0.1) is 0 Å². The van der Waals surface area contributed by atoms with Crippen LogP contribution >= 0.6 is 11.5 Å². The lowest BCUT2D eigenvalue weighted by molar-refractivity contribution is -0.121. The van der Waals surface area contributed by atoms with E-state index in [1.54, 1.807) is 0 Å². The Balaban J connectivity index is 2.49. The molecular formula is C11H18N4O2S. The highest BCUT2D eigenvalue weighted by atomic mass is 32.1. The molecule has 18 heavy (non-hydrogen) atoms. The lowest BCUT2D eigenvalue weighted by Gasteiger charge is -2.20. The van der Waals surface area contributed by atoms with Gasteiger partial charge in [-0.05, 0) is 38.7 Å². The normalized spacial score (nSPS) is 11.1. The van der Waals surface area contributed by atoms with E-state index in [-0.39, 0.29) is 23.9 Å². The molecule has 0 aliphatic heterocycles. The second-order valence-electron chi connectivity index (χ2n) is 4.88. The summed E-state index contributed by atoms with van der Waals surface area (Å²) in [4.78, 5) is 23.8. The summed E-state index contributed by atoms with van der Waals surface area (Å²) in [6.07, 6.45) is 0.646. The van der Waals surface area contributed by atoms with Gasteiger partial charge in [0.15, 0.2) is 0 Å². The van der Waals surface area contributed by atoms with Crippen LogP contribution in [0.3, 0.4) is 0 Å². The molecule has 0 fully saturated rings. The smallest absolute Gasteiger partial charge is 0.265 e. The molecule has 1 aromatic heterocycles. The number of amides is 2. The lowest BCUT2D eigenvalue weighted by Crippen LogP contribution is -2.45. The molecule has 0 aliphatic carbocycles. The molecule has 2 amide bonds. The molecule has 2 N–H and O–H groups in total. The minimum Gasteiger partial charge on any atom is -0.350 e. The van der Waals surface area contributed by atoms with E-state index >= 15 is 0 Å². The Kier molecular flexibility index (Phi) is 4.77. The van der Waals surface area contributed by atoms with Crippen molar-refractivity contribution in [1.82, 2.24) is 20.2 Å². The van der Waals surface area contributed by atoms with Gasteiger partial charge in [0, 0.05) is 5.54 Å². The maximum absolute atomic E-state index is 11.8. The van der Waals surface area contributed by atoms with E-state index in [2.05, 4.69) is 20.2 Å². The summed E-state index contributed by atoms with van der Waals surface area (Å²) in [6, 6.07) is 0. The number of nitrogens with zero attached hydrogens (tertiary/aromatic N) is 2. The van der Waals surface area contributed by atoms with Crippen LogP contribution < -0.4 is 10.6 Å². The van der Waals surface area contributed by atoms with E-state index in [0.717, 1.165) is 11.5 Å². The lowest BCUT2D eigenvalue weighted by atomic mass is 10.1. The van der Waals surface area contributed by atoms with E-state index in [4.69, 9.17) is 0 Å². The zero-order valence-corrected chi connectivity index (χ0v) is 11.8. The number of carbonyl (C=O) groups is 2. The average Bonchev–Trinajstić information content (AvgIpc) is 2.71. The van der Waals surface area contributed by atoms with Crippen LogP contribution in [0.5, 0.6) is 0 Å². The van der Waals surface area contributed by atoms with Crippen molar-refractivity contribution >= 4 is 23.3 Å². The Morgan fingerprint density at radius 1 is 1.33 bits per heavy atom. The SMILES string of the molecule is CCc1nnsc1C(=O)NCC(=O)NC(C)(C)C. The van der Waals surface area contributed by atoms with Gasteiger partial charge < -0.3 is 10.6 Å². The van der Waals surface area contributed by atoms with E-state index in [9.17, 15) is 9.59 Å². The van der Waals surface area contributed by atoms with Crippen LogP contribution in [0.2, 0.25) is 0 Å². The summed E-state index contributed by atoms with van der Waals surface area (Å²) in [5.41, 5.74) is 0.358. The van der Waals surface area contributed by atoms with Crippen LogP contribution in [0.4, 0.5) is 0 Å². The fourth-order valence-corrected chi connectivity index (χ4v) is 1.98. The second kappa shape index (κ2) is 5.90. The van der Waals surface area contributed by atoms with Gasteiger partial charge in [0.05, 0.1) is 12.2 Å². The monoisotopic (exact) mass is 270 g/mol. The zero-order chi connectivity index (χ0) is 13.8. The molecule has 1 aromatic rings. The molecule has 0 atom stereocenters. The van der Waals surface area contributed by atoms with Gasteiger partial charge in [-0.25, -0.2) is 0 Å². The molecule has 7 heteroatoms. The maximum Gasteiger partial charge on any atom is 0.265 e. The van der Waals surface area contributed by atoms with Crippen molar-refractivity contribution in [3.05, 3.63) is 10.6 Å². The first-order valence-corrected chi connectivity index (χ1v) is 6.51. The standard InChI is InChI=1S/C11H18N4O2S/c1-5-7-9(18-15-14-7)10(17)12-6-8(16)13-11(2,3)4/h5-6H2,1-4H3,(H,12,17)(H,13,16). The minimum atomic E-state index is -0.303. The summed E-state index contributed by atoms with van der Waals surface area (Å²) in [6.45, 7) is 7.51. The van der Waals surface area contributed by atoms with Crippen LogP contribution in [0.1, 0.15) is 43.1 Å². The highest BCUT2D eigenvalue weighted by molar-refractivity contribution is 7.08. The Labute approximate surface area is 110 Å². The minimum absolute atomic E-state index is 0.0445. The highest BCUT2D eigenvalue weighted by Crippen LogP contribution is 2.10. The van der Waals surface area contributed by atoms with Gasteiger partial charge in [-0.1, -0.05) is 11.4 Å².